The number of rotatable bonds is 7. The summed E-state index contributed by atoms with van der Waals surface area (Å²) in [7, 11) is 1.60. The fourth-order valence-corrected chi connectivity index (χ4v) is 3.22. The zero-order chi connectivity index (χ0) is 19.9. The molecule has 0 aromatic heterocycles. The Labute approximate surface area is 164 Å². The molecule has 28 heavy (non-hydrogen) atoms. The summed E-state index contributed by atoms with van der Waals surface area (Å²) in [5.74, 6) is 0.390. The Morgan fingerprint density at radius 3 is 2.57 bits per heavy atom. The largest absolute Gasteiger partial charge is 0.493 e. The van der Waals surface area contributed by atoms with E-state index in [-0.39, 0.29) is 17.6 Å². The maximum absolute atomic E-state index is 12.2. The molecule has 1 aliphatic rings. The van der Waals surface area contributed by atoms with Gasteiger partial charge in [-0.25, -0.2) is 0 Å². The van der Waals surface area contributed by atoms with E-state index in [1.165, 1.54) is 18.9 Å². The van der Waals surface area contributed by atoms with Gasteiger partial charge < -0.3 is 20.5 Å². The Morgan fingerprint density at radius 1 is 1.11 bits per heavy atom. The second-order valence-corrected chi connectivity index (χ2v) is 6.67. The highest BCUT2D eigenvalue weighted by atomic mass is 16.5. The molecule has 0 heterocycles. The highest BCUT2D eigenvalue weighted by Gasteiger charge is 2.18. The molecule has 146 valence electrons. The number of para-hydroxylation sites is 1. The van der Waals surface area contributed by atoms with Gasteiger partial charge in [-0.2, -0.15) is 0 Å². The Kier molecular flexibility index (Phi) is 6.32. The third-order valence-electron chi connectivity index (χ3n) is 4.66. The summed E-state index contributed by atoms with van der Waals surface area (Å²) in [5, 5.41) is 2.67. The van der Waals surface area contributed by atoms with Crippen molar-refractivity contribution in [1.82, 2.24) is 0 Å². The summed E-state index contributed by atoms with van der Waals surface area (Å²) < 4.78 is 11.5. The molecule has 0 radical (unpaired) electrons. The van der Waals surface area contributed by atoms with E-state index >= 15 is 0 Å². The van der Waals surface area contributed by atoms with Crippen molar-refractivity contribution in [3.8, 4) is 11.5 Å². The topological polar surface area (TPSA) is 90.6 Å². The van der Waals surface area contributed by atoms with Crippen molar-refractivity contribution in [1.29, 1.82) is 0 Å². The fraction of sp³-hybridized carbons (Fsp3) is 0.273. The molecule has 3 N–H and O–H groups in total. The lowest BCUT2D eigenvalue weighted by atomic mass is 10.1. The number of carbonyl (C=O) groups excluding carboxylic acids is 2. The maximum atomic E-state index is 12.2. The molecule has 6 nitrogen and oxygen atoms in total. The van der Waals surface area contributed by atoms with Gasteiger partial charge >= 0.3 is 0 Å². The smallest absolute Gasteiger partial charge is 0.250 e. The molecule has 2 aromatic rings. The molecule has 1 saturated carbocycles. The molecule has 2 aromatic carbocycles. The summed E-state index contributed by atoms with van der Waals surface area (Å²) in [5.41, 5.74) is 6.77. The molecule has 0 spiro atoms. The fourth-order valence-electron chi connectivity index (χ4n) is 3.22. The van der Waals surface area contributed by atoms with Crippen molar-refractivity contribution in [2.45, 2.75) is 31.8 Å². The van der Waals surface area contributed by atoms with Crippen LogP contribution in [0.15, 0.2) is 48.5 Å². The summed E-state index contributed by atoms with van der Waals surface area (Å²) in [4.78, 5) is 23.6. The van der Waals surface area contributed by atoms with Crippen LogP contribution in [0.25, 0.3) is 6.08 Å². The van der Waals surface area contributed by atoms with Crippen LogP contribution in [0.5, 0.6) is 11.5 Å². The van der Waals surface area contributed by atoms with Gasteiger partial charge in [0.05, 0.1) is 24.5 Å². The Balaban J connectivity index is 1.68. The zero-order valence-electron chi connectivity index (χ0n) is 15.8. The molecule has 0 atom stereocenters. The van der Waals surface area contributed by atoms with Crippen LogP contribution in [0.3, 0.4) is 0 Å². The van der Waals surface area contributed by atoms with Gasteiger partial charge in [0.2, 0.25) is 5.91 Å². The van der Waals surface area contributed by atoms with Crippen molar-refractivity contribution in [2.75, 3.05) is 12.4 Å². The van der Waals surface area contributed by atoms with E-state index < -0.39 is 5.91 Å². The van der Waals surface area contributed by atoms with E-state index in [0.29, 0.717) is 17.2 Å². The first-order valence-electron chi connectivity index (χ1n) is 9.29. The zero-order valence-corrected chi connectivity index (χ0v) is 15.8. The maximum Gasteiger partial charge on any atom is 0.250 e. The standard InChI is InChI=1S/C22H24N2O4/c1-27-20-14-15(10-12-19(20)28-16-6-2-3-7-16)11-13-21(25)24-18-9-5-4-8-17(18)22(23)26/h4-5,8-14,16H,2-3,6-7H2,1H3,(H2,23,26)(H,24,25)/b13-11+. The Hall–Kier alpha value is -3.28. The molecule has 0 unspecified atom stereocenters. The minimum Gasteiger partial charge on any atom is -0.493 e. The van der Waals surface area contributed by atoms with Gasteiger partial charge in [0.25, 0.3) is 5.91 Å². The van der Waals surface area contributed by atoms with Crippen molar-refractivity contribution in [2.24, 2.45) is 5.73 Å². The summed E-state index contributed by atoms with van der Waals surface area (Å²) in [6.07, 6.45) is 7.83. The number of hydrogen-bond donors (Lipinski definition) is 2. The van der Waals surface area contributed by atoms with Crippen LogP contribution in [-0.4, -0.2) is 25.0 Å². The van der Waals surface area contributed by atoms with Crippen LogP contribution in [0, 0.1) is 0 Å². The molecule has 6 heteroatoms. The number of amides is 2. The van der Waals surface area contributed by atoms with Gasteiger partial charge in [-0.05, 0) is 61.6 Å². The monoisotopic (exact) mass is 380 g/mol. The van der Waals surface area contributed by atoms with E-state index in [1.54, 1.807) is 37.5 Å². The van der Waals surface area contributed by atoms with Gasteiger partial charge in [0.15, 0.2) is 11.5 Å². The summed E-state index contributed by atoms with van der Waals surface area (Å²) >= 11 is 0. The highest BCUT2D eigenvalue weighted by Crippen LogP contribution is 2.32. The van der Waals surface area contributed by atoms with Gasteiger partial charge in [-0.3, -0.25) is 9.59 Å². The SMILES string of the molecule is COc1cc(/C=C/C(=O)Nc2ccccc2C(N)=O)ccc1OC1CCCC1. The van der Waals surface area contributed by atoms with Crippen LogP contribution >= 0.6 is 0 Å². The number of hydrogen-bond acceptors (Lipinski definition) is 4. The van der Waals surface area contributed by atoms with Crippen LogP contribution in [-0.2, 0) is 4.79 Å². The Morgan fingerprint density at radius 2 is 1.86 bits per heavy atom. The highest BCUT2D eigenvalue weighted by molar-refractivity contribution is 6.07. The summed E-state index contributed by atoms with van der Waals surface area (Å²) in [6.45, 7) is 0. The third-order valence-corrected chi connectivity index (χ3v) is 4.66. The van der Waals surface area contributed by atoms with Gasteiger partial charge in [0.1, 0.15) is 0 Å². The number of nitrogens with one attached hydrogen (secondary N) is 1. The molecule has 1 aliphatic carbocycles. The molecular weight excluding hydrogens is 356 g/mol. The lowest BCUT2D eigenvalue weighted by molar-refractivity contribution is -0.111. The molecular formula is C22H24N2O4. The molecule has 0 bridgehead atoms. The van der Waals surface area contributed by atoms with Crippen LogP contribution in [0.2, 0.25) is 0 Å². The van der Waals surface area contributed by atoms with Crippen molar-refractivity contribution in [3.05, 3.63) is 59.7 Å². The number of anilines is 1. The number of nitrogens with two attached hydrogens (primary N) is 1. The van der Waals surface area contributed by atoms with Crippen molar-refractivity contribution in [3.63, 3.8) is 0 Å². The third kappa shape index (κ3) is 4.91. The quantitative estimate of drug-likeness (QED) is 0.716. The van der Waals surface area contributed by atoms with Gasteiger partial charge in [0, 0.05) is 6.08 Å². The molecule has 1 fully saturated rings. The first kappa shape index (κ1) is 19.5. The van der Waals surface area contributed by atoms with Gasteiger partial charge in [-0.15, -0.1) is 0 Å². The summed E-state index contributed by atoms with van der Waals surface area (Å²) in [6, 6.07) is 12.2. The Bertz CT molecular complexity index is 886. The normalized spacial score (nSPS) is 14.2. The van der Waals surface area contributed by atoms with Crippen molar-refractivity contribution >= 4 is 23.6 Å². The average molecular weight is 380 g/mol. The van der Waals surface area contributed by atoms with Gasteiger partial charge in [-0.1, -0.05) is 18.2 Å². The number of benzene rings is 2. The number of ether oxygens (including phenoxy) is 2. The van der Waals surface area contributed by atoms with Crippen LogP contribution in [0.4, 0.5) is 5.69 Å². The molecule has 3 rings (SSSR count). The predicted molar refractivity (Wildman–Crippen MR) is 109 cm³/mol. The second-order valence-electron chi connectivity index (χ2n) is 6.67. The minimum absolute atomic E-state index is 0.242. The van der Waals surface area contributed by atoms with E-state index in [2.05, 4.69) is 5.32 Å². The van der Waals surface area contributed by atoms with Crippen molar-refractivity contribution < 1.29 is 19.1 Å². The number of carbonyl (C=O) groups is 2. The lowest BCUT2D eigenvalue weighted by Crippen LogP contribution is -2.16. The number of primary amides is 1. The van der Waals surface area contributed by atoms with Crippen LogP contribution < -0.4 is 20.5 Å². The lowest BCUT2D eigenvalue weighted by Gasteiger charge is -2.16. The van der Waals surface area contributed by atoms with E-state index in [1.807, 2.05) is 18.2 Å². The van der Waals surface area contributed by atoms with E-state index in [9.17, 15) is 9.59 Å². The predicted octanol–water partition coefficient (Wildman–Crippen LogP) is 3.77. The molecule has 0 aliphatic heterocycles. The first-order chi connectivity index (χ1) is 13.6. The van der Waals surface area contributed by atoms with Crippen LogP contribution in [0.1, 0.15) is 41.6 Å². The first-order valence-corrected chi connectivity index (χ1v) is 9.29. The van der Waals surface area contributed by atoms with E-state index in [0.717, 1.165) is 18.4 Å². The average Bonchev–Trinajstić information content (AvgIpc) is 3.20. The molecule has 0 saturated heterocycles. The number of methoxy groups -OCH3 is 1. The van der Waals surface area contributed by atoms with E-state index in [4.69, 9.17) is 15.2 Å². The molecule has 2 amide bonds. The second kappa shape index (κ2) is 9.08. The minimum atomic E-state index is -0.595.